The highest BCUT2D eigenvalue weighted by Gasteiger charge is 2.05. The van der Waals surface area contributed by atoms with Crippen LogP contribution in [-0.4, -0.2) is 18.2 Å². The molecule has 0 aromatic heterocycles. The van der Waals surface area contributed by atoms with Gasteiger partial charge in [-0.3, -0.25) is 4.79 Å². The Hall–Kier alpha value is -3.08. The number of ether oxygens (including phenoxy) is 1. The topological polar surface area (TPSA) is 76.7 Å². The summed E-state index contributed by atoms with van der Waals surface area (Å²) in [6.07, 6.45) is 1.66. The van der Waals surface area contributed by atoms with Crippen molar-refractivity contribution in [1.29, 1.82) is 0 Å². The molecule has 23 heavy (non-hydrogen) atoms. The van der Waals surface area contributed by atoms with Crippen LogP contribution in [-0.2, 0) is 0 Å². The Kier molecular flexibility index (Phi) is 5.52. The van der Waals surface area contributed by atoms with E-state index >= 15 is 0 Å². The molecule has 0 bridgehead atoms. The Labute approximate surface area is 135 Å². The maximum atomic E-state index is 12.1. The number of benzene rings is 2. The third kappa shape index (κ3) is 4.71. The molecule has 1 amide bonds. The maximum absolute atomic E-state index is 12.1. The Morgan fingerprint density at radius 3 is 2.39 bits per heavy atom. The van der Waals surface area contributed by atoms with Crippen molar-refractivity contribution in [2.45, 2.75) is 6.92 Å². The monoisotopic (exact) mass is 309 g/mol. The summed E-state index contributed by atoms with van der Waals surface area (Å²) in [5.41, 5.74) is 11.0. The molecule has 118 valence electrons. The zero-order valence-electron chi connectivity index (χ0n) is 13.0. The molecule has 2 aromatic rings. The summed E-state index contributed by atoms with van der Waals surface area (Å²) < 4.78 is 5.37. The largest absolute Gasteiger partial charge is 0.490 e. The van der Waals surface area contributed by atoms with E-state index in [1.165, 1.54) is 0 Å². The smallest absolute Gasteiger partial charge is 0.271 e. The van der Waals surface area contributed by atoms with E-state index in [1.807, 2.05) is 19.1 Å². The molecule has 0 fully saturated rings. The molecule has 0 heterocycles. The normalized spacial score (nSPS) is 10.9. The molecule has 0 saturated carbocycles. The van der Waals surface area contributed by atoms with Crippen LogP contribution in [0.1, 0.15) is 22.8 Å². The summed E-state index contributed by atoms with van der Waals surface area (Å²) in [5, 5.41) is 4.10. The number of carbonyl (C=O) groups is 1. The summed E-state index contributed by atoms with van der Waals surface area (Å²) in [6.45, 7) is 5.83. The van der Waals surface area contributed by atoms with Gasteiger partial charge < -0.3 is 10.5 Å². The predicted molar refractivity (Wildman–Crippen MR) is 92.7 cm³/mol. The van der Waals surface area contributed by atoms with Crippen molar-refractivity contribution in [1.82, 2.24) is 5.43 Å². The minimum absolute atomic E-state index is 0.282. The molecule has 5 nitrogen and oxygen atoms in total. The summed E-state index contributed by atoms with van der Waals surface area (Å²) >= 11 is 0. The fraction of sp³-hybridized carbons (Fsp3) is 0.111. The lowest BCUT2D eigenvalue weighted by Crippen LogP contribution is -2.19. The van der Waals surface area contributed by atoms with E-state index < -0.39 is 0 Å². The number of nitrogen functional groups attached to an aromatic ring is 1. The number of anilines is 1. The quantitative estimate of drug-likeness (QED) is 0.373. The second-order valence-corrected chi connectivity index (χ2v) is 4.88. The third-order valence-electron chi connectivity index (χ3n) is 3.14. The standard InChI is InChI=1S/C18H19N3O2/c1-3-12-23-17-10-6-15(7-11-17)18(22)21-20-13(2)14-4-8-16(19)9-5-14/h3-11H,1,12,19H2,2H3,(H,21,22). The van der Waals surface area contributed by atoms with Crippen molar-refractivity contribution in [3.05, 3.63) is 72.3 Å². The van der Waals surface area contributed by atoms with Crippen molar-refractivity contribution >= 4 is 17.3 Å². The van der Waals surface area contributed by atoms with Gasteiger partial charge >= 0.3 is 0 Å². The van der Waals surface area contributed by atoms with Gasteiger partial charge in [0.15, 0.2) is 0 Å². The summed E-state index contributed by atoms with van der Waals surface area (Å²) in [4.78, 5) is 12.1. The lowest BCUT2D eigenvalue weighted by molar-refractivity contribution is 0.0955. The van der Waals surface area contributed by atoms with E-state index in [0.717, 1.165) is 5.56 Å². The van der Waals surface area contributed by atoms with E-state index in [2.05, 4.69) is 17.1 Å². The Morgan fingerprint density at radius 2 is 1.78 bits per heavy atom. The number of rotatable bonds is 6. The van der Waals surface area contributed by atoms with Crippen LogP contribution in [0.3, 0.4) is 0 Å². The van der Waals surface area contributed by atoms with Crippen molar-refractivity contribution in [2.24, 2.45) is 5.10 Å². The average Bonchev–Trinajstić information content (AvgIpc) is 2.58. The Balaban J connectivity index is 1.99. The van der Waals surface area contributed by atoms with E-state index in [9.17, 15) is 4.79 Å². The molecule has 3 N–H and O–H groups in total. The van der Waals surface area contributed by atoms with Gasteiger partial charge in [-0.25, -0.2) is 5.43 Å². The van der Waals surface area contributed by atoms with Crippen molar-refractivity contribution in [3.63, 3.8) is 0 Å². The van der Waals surface area contributed by atoms with Gasteiger partial charge in [0.2, 0.25) is 0 Å². The number of hydrazone groups is 1. The number of carbonyl (C=O) groups excluding carboxylic acids is 1. The maximum Gasteiger partial charge on any atom is 0.271 e. The van der Waals surface area contributed by atoms with Crippen LogP contribution in [0.15, 0.2) is 66.3 Å². The average molecular weight is 309 g/mol. The molecule has 0 aliphatic carbocycles. The molecule has 0 saturated heterocycles. The number of nitrogens with two attached hydrogens (primary N) is 1. The van der Waals surface area contributed by atoms with E-state index in [4.69, 9.17) is 10.5 Å². The molecule has 0 aliphatic rings. The molecule has 5 heteroatoms. The van der Waals surface area contributed by atoms with Gasteiger partial charge in [-0.2, -0.15) is 5.10 Å². The predicted octanol–water partition coefficient (Wildman–Crippen LogP) is 2.99. The molecule has 2 rings (SSSR count). The highest BCUT2D eigenvalue weighted by atomic mass is 16.5. The molecule has 0 unspecified atom stereocenters. The second kappa shape index (κ2) is 7.79. The van der Waals surface area contributed by atoms with E-state index in [1.54, 1.807) is 42.5 Å². The number of amides is 1. The first-order chi connectivity index (χ1) is 11.1. The Morgan fingerprint density at radius 1 is 1.17 bits per heavy atom. The molecule has 0 spiro atoms. The fourth-order valence-electron chi connectivity index (χ4n) is 1.85. The Bertz CT molecular complexity index is 704. The summed E-state index contributed by atoms with van der Waals surface area (Å²) in [6, 6.07) is 14.1. The van der Waals surface area contributed by atoms with Gasteiger partial charge in [-0.05, 0) is 48.9 Å². The van der Waals surface area contributed by atoms with E-state index in [0.29, 0.717) is 29.3 Å². The first-order valence-corrected chi connectivity index (χ1v) is 7.14. The fourth-order valence-corrected chi connectivity index (χ4v) is 1.85. The molecule has 0 radical (unpaired) electrons. The number of nitrogens with zero attached hydrogens (tertiary/aromatic N) is 1. The highest BCUT2D eigenvalue weighted by Crippen LogP contribution is 2.12. The van der Waals surface area contributed by atoms with Crippen LogP contribution < -0.4 is 15.9 Å². The van der Waals surface area contributed by atoms with Crippen molar-refractivity contribution < 1.29 is 9.53 Å². The first-order valence-electron chi connectivity index (χ1n) is 7.14. The zero-order valence-corrected chi connectivity index (χ0v) is 13.0. The zero-order chi connectivity index (χ0) is 16.7. The molecule has 0 atom stereocenters. The van der Waals surface area contributed by atoms with Crippen LogP contribution >= 0.6 is 0 Å². The van der Waals surface area contributed by atoms with Crippen LogP contribution in [0.4, 0.5) is 5.69 Å². The van der Waals surface area contributed by atoms with E-state index in [-0.39, 0.29) is 5.91 Å². The third-order valence-corrected chi connectivity index (χ3v) is 3.14. The SMILES string of the molecule is C=CCOc1ccc(C(=O)NN=C(C)c2ccc(N)cc2)cc1. The minimum Gasteiger partial charge on any atom is -0.490 e. The first kappa shape index (κ1) is 16.3. The molecule has 0 aliphatic heterocycles. The number of hydrogen-bond acceptors (Lipinski definition) is 4. The number of hydrogen-bond donors (Lipinski definition) is 2. The van der Waals surface area contributed by atoms with Crippen molar-refractivity contribution in [2.75, 3.05) is 12.3 Å². The molecular weight excluding hydrogens is 290 g/mol. The lowest BCUT2D eigenvalue weighted by atomic mass is 10.1. The van der Waals surface area contributed by atoms with Gasteiger partial charge in [-0.1, -0.05) is 24.8 Å². The van der Waals surface area contributed by atoms with Gasteiger partial charge in [-0.15, -0.1) is 0 Å². The second-order valence-electron chi connectivity index (χ2n) is 4.88. The minimum atomic E-state index is -0.282. The van der Waals surface area contributed by atoms with Crippen LogP contribution in [0.2, 0.25) is 0 Å². The van der Waals surface area contributed by atoms with Crippen LogP contribution in [0, 0.1) is 0 Å². The summed E-state index contributed by atoms with van der Waals surface area (Å²) in [5.74, 6) is 0.401. The van der Waals surface area contributed by atoms with Gasteiger partial charge in [0, 0.05) is 11.3 Å². The highest BCUT2D eigenvalue weighted by molar-refractivity contribution is 6.01. The van der Waals surface area contributed by atoms with Crippen LogP contribution in [0.5, 0.6) is 5.75 Å². The molecule has 2 aromatic carbocycles. The van der Waals surface area contributed by atoms with Gasteiger partial charge in [0.1, 0.15) is 12.4 Å². The molecular formula is C18H19N3O2. The summed E-state index contributed by atoms with van der Waals surface area (Å²) in [7, 11) is 0. The van der Waals surface area contributed by atoms with Crippen molar-refractivity contribution in [3.8, 4) is 5.75 Å². The number of nitrogens with one attached hydrogen (secondary N) is 1. The van der Waals surface area contributed by atoms with Gasteiger partial charge in [0.05, 0.1) is 5.71 Å². The van der Waals surface area contributed by atoms with Crippen LogP contribution in [0.25, 0.3) is 0 Å². The lowest BCUT2D eigenvalue weighted by Gasteiger charge is -2.05. The van der Waals surface area contributed by atoms with Gasteiger partial charge in [0.25, 0.3) is 5.91 Å².